The van der Waals surface area contributed by atoms with Gasteiger partial charge in [0.1, 0.15) is 6.10 Å². The van der Waals surface area contributed by atoms with Gasteiger partial charge in [-0.3, -0.25) is 14.3 Å². The largest absolute Gasteiger partial charge is 0.455 e. The number of ether oxygens (including phenoxy) is 3. The summed E-state index contributed by atoms with van der Waals surface area (Å²) in [5, 5.41) is 9.60. The van der Waals surface area contributed by atoms with Crippen LogP contribution in [0.5, 0.6) is 6.01 Å². The van der Waals surface area contributed by atoms with Gasteiger partial charge in [0, 0.05) is 25.4 Å². The monoisotopic (exact) mass is 295 g/mol. The molecule has 0 radical (unpaired) electrons. The zero-order chi connectivity index (χ0) is 14.4. The van der Waals surface area contributed by atoms with Crippen LogP contribution in [0, 0.1) is 0 Å². The Balaban J connectivity index is 1.65. The molecular formula is C13H17N3O5. The summed E-state index contributed by atoms with van der Waals surface area (Å²) >= 11 is 0. The molecule has 3 aliphatic heterocycles. The quantitative estimate of drug-likeness (QED) is 0.717. The van der Waals surface area contributed by atoms with Gasteiger partial charge in [-0.25, -0.2) is 0 Å². The summed E-state index contributed by atoms with van der Waals surface area (Å²) in [7, 11) is 0. The summed E-state index contributed by atoms with van der Waals surface area (Å²) in [6.07, 6.45) is 0.698. The first-order valence-electron chi connectivity index (χ1n) is 7.12. The zero-order valence-corrected chi connectivity index (χ0v) is 11.4. The highest BCUT2D eigenvalue weighted by Gasteiger charge is 2.53. The van der Waals surface area contributed by atoms with Gasteiger partial charge >= 0.3 is 6.01 Å². The van der Waals surface area contributed by atoms with E-state index >= 15 is 0 Å². The molecule has 0 unspecified atom stereocenters. The molecule has 21 heavy (non-hydrogen) atoms. The fraction of sp³-hybridized carbons (Fsp3) is 0.692. The summed E-state index contributed by atoms with van der Waals surface area (Å²) in [4.78, 5) is 17.4. The summed E-state index contributed by atoms with van der Waals surface area (Å²) in [6.45, 7) is 2.81. The van der Waals surface area contributed by atoms with Crippen molar-refractivity contribution in [3.05, 3.63) is 22.6 Å². The van der Waals surface area contributed by atoms with Crippen molar-refractivity contribution in [3.63, 3.8) is 0 Å². The van der Waals surface area contributed by atoms with E-state index in [0.29, 0.717) is 13.2 Å². The lowest BCUT2D eigenvalue weighted by atomic mass is 10.1. The third kappa shape index (κ3) is 2.06. The maximum atomic E-state index is 11.3. The van der Waals surface area contributed by atoms with Gasteiger partial charge in [0.25, 0.3) is 5.56 Å². The van der Waals surface area contributed by atoms with Gasteiger partial charge in [-0.2, -0.15) is 4.98 Å². The van der Waals surface area contributed by atoms with Gasteiger partial charge < -0.3 is 19.3 Å². The topological polar surface area (TPSA) is 86.1 Å². The second-order valence-electron chi connectivity index (χ2n) is 5.42. The Morgan fingerprint density at radius 2 is 2.19 bits per heavy atom. The van der Waals surface area contributed by atoms with Gasteiger partial charge in [-0.15, -0.1) is 0 Å². The number of aliphatic hydroxyl groups excluding tert-OH is 1. The Morgan fingerprint density at radius 1 is 1.38 bits per heavy atom. The molecule has 1 aromatic rings. The van der Waals surface area contributed by atoms with Crippen LogP contribution in [0.25, 0.3) is 0 Å². The van der Waals surface area contributed by atoms with E-state index in [4.69, 9.17) is 14.2 Å². The molecule has 0 aliphatic carbocycles. The van der Waals surface area contributed by atoms with Gasteiger partial charge in [0.15, 0.2) is 12.3 Å². The van der Waals surface area contributed by atoms with E-state index in [1.54, 1.807) is 10.8 Å². The molecule has 2 saturated heterocycles. The summed E-state index contributed by atoms with van der Waals surface area (Å²) in [6, 6.07) is 1.60. The van der Waals surface area contributed by atoms with E-state index in [0.717, 1.165) is 13.1 Å². The molecule has 0 spiro atoms. The minimum atomic E-state index is -0.349. The average Bonchev–Trinajstić information content (AvgIpc) is 3.02. The number of fused-ring (bicyclic) bond motifs is 3. The van der Waals surface area contributed by atoms with Gasteiger partial charge in [-0.1, -0.05) is 0 Å². The second kappa shape index (κ2) is 5.06. The van der Waals surface area contributed by atoms with Gasteiger partial charge in [0.05, 0.1) is 25.9 Å². The Kier molecular flexibility index (Phi) is 3.18. The first kappa shape index (κ1) is 13.2. The predicted molar refractivity (Wildman–Crippen MR) is 70.1 cm³/mol. The minimum absolute atomic E-state index is 0.0681. The van der Waals surface area contributed by atoms with Crippen LogP contribution < -0.4 is 10.3 Å². The molecule has 8 nitrogen and oxygen atoms in total. The fourth-order valence-electron chi connectivity index (χ4n) is 3.34. The van der Waals surface area contributed by atoms with Crippen LogP contribution in [0.4, 0.5) is 0 Å². The molecule has 4 atom stereocenters. The maximum absolute atomic E-state index is 11.3. The molecule has 2 fully saturated rings. The maximum Gasteiger partial charge on any atom is 0.302 e. The number of aliphatic hydroxyl groups is 1. The lowest BCUT2D eigenvalue weighted by molar-refractivity contribution is -0.0496. The van der Waals surface area contributed by atoms with Crippen molar-refractivity contribution in [2.45, 2.75) is 24.5 Å². The normalized spacial score (nSPS) is 35.3. The molecule has 0 bridgehead atoms. The lowest BCUT2D eigenvalue weighted by Gasteiger charge is -2.35. The molecule has 4 rings (SSSR count). The predicted octanol–water partition coefficient (Wildman–Crippen LogP) is -1.41. The second-order valence-corrected chi connectivity index (χ2v) is 5.42. The molecule has 114 valence electrons. The SMILES string of the molecule is O=c1ccn2c(n1)O[C@H]1[C@H](N3CCOCC3)[C@@H](CO)O[C@H]12. The molecule has 1 N–H and O–H groups in total. The number of rotatable bonds is 2. The standard InChI is InChI=1S/C13H17N3O5/c17-7-8-10(15-3-5-19-6-4-15)11-12(20-8)16-2-1-9(18)14-13(16)21-11/h1-2,8,10-12,17H,3-7H2/t8-,10-,11+,12-/m1/s1. The highest BCUT2D eigenvalue weighted by Crippen LogP contribution is 2.40. The number of morpholine rings is 1. The fourth-order valence-corrected chi connectivity index (χ4v) is 3.34. The Hall–Kier alpha value is -1.48. The van der Waals surface area contributed by atoms with E-state index in [2.05, 4.69) is 9.88 Å². The first-order valence-corrected chi connectivity index (χ1v) is 7.12. The van der Waals surface area contributed by atoms with E-state index in [1.807, 2.05) is 0 Å². The molecule has 3 aliphatic rings. The van der Waals surface area contributed by atoms with Crippen LogP contribution >= 0.6 is 0 Å². The summed E-state index contributed by atoms with van der Waals surface area (Å²) < 4.78 is 18.9. The Bertz CT molecular complexity index is 585. The minimum Gasteiger partial charge on any atom is -0.455 e. The molecule has 0 aromatic carbocycles. The molecule has 1 aromatic heterocycles. The number of nitrogens with zero attached hydrogens (tertiary/aromatic N) is 3. The highest BCUT2D eigenvalue weighted by atomic mass is 16.6. The van der Waals surface area contributed by atoms with Crippen molar-refractivity contribution >= 4 is 0 Å². The van der Waals surface area contributed by atoms with E-state index < -0.39 is 0 Å². The van der Waals surface area contributed by atoms with Gasteiger partial charge in [0.2, 0.25) is 0 Å². The van der Waals surface area contributed by atoms with Crippen molar-refractivity contribution in [2.75, 3.05) is 32.9 Å². The molecular weight excluding hydrogens is 278 g/mol. The summed E-state index contributed by atoms with van der Waals surface area (Å²) in [5.74, 6) is 0. The summed E-state index contributed by atoms with van der Waals surface area (Å²) in [5.41, 5.74) is -0.331. The third-order valence-electron chi connectivity index (χ3n) is 4.28. The molecule has 0 amide bonds. The van der Waals surface area contributed by atoms with Crippen molar-refractivity contribution in [3.8, 4) is 6.01 Å². The zero-order valence-electron chi connectivity index (χ0n) is 11.4. The number of hydrogen-bond donors (Lipinski definition) is 1. The van der Waals surface area contributed by atoms with Crippen LogP contribution in [-0.2, 0) is 9.47 Å². The smallest absolute Gasteiger partial charge is 0.302 e. The molecule has 8 heteroatoms. The van der Waals surface area contributed by atoms with Crippen molar-refractivity contribution < 1.29 is 19.3 Å². The van der Waals surface area contributed by atoms with E-state index in [-0.39, 0.29) is 42.7 Å². The third-order valence-corrected chi connectivity index (χ3v) is 4.28. The van der Waals surface area contributed by atoms with E-state index in [9.17, 15) is 9.90 Å². The number of aromatic nitrogens is 2. The van der Waals surface area contributed by atoms with Crippen LogP contribution in [-0.4, -0.2) is 70.7 Å². The first-order chi connectivity index (χ1) is 10.3. The van der Waals surface area contributed by atoms with Crippen molar-refractivity contribution in [2.24, 2.45) is 0 Å². The number of hydrogen-bond acceptors (Lipinski definition) is 7. The van der Waals surface area contributed by atoms with Gasteiger partial charge in [-0.05, 0) is 0 Å². The van der Waals surface area contributed by atoms with Crippen molar-refractivity contribution in [1.82, 2.24) is 14.5 Å². The Morgan fingerprint density at radius 3 is 2.95 bits per heavy atom. The lowest BCUT2D eigenvalue weighted by Crippen LogP contribution is -2.53. The average molecular weight is 295 g/mol. The molecule has 0 saturated carbocycles. The van der Waals surface area contributed by atoms with Crippen LogP contribution in [0.2, 0.25) is 0 Å². The van der Waals surface area contributed by atoms with Crippen LogP contribution in [0.3, 0.4) is 0 Å². The van der Waals surface area contributed by atoms with Crippen molar-refractivity contribution in [1.29, 1.82) is 0 Å². The van der Waals surface area contributed by atoms with E-state index in [1.165, 1.54) is 6.07 Å². The highest BCUT2D eigenvalue weighted by molar-refractivity contribution is 5.12. The van der Waals surface area contributed by atoms with Crippen LogP contribution in [0.1, 0.15) is 6.23 Å². The van der Waals surface area contributed by atoms with Crippen LogP contribution in [0.15, 0.2) is 17.1 Å². The molecule has 4 heterocycles. The Labute approximate surface area is 120 Å².